The highest BCUT2D eigenvalue weighted by Crippen LogP contribution is 2.22. The number of nitrogens with zero attached hydrogens (tertiary/aromatic N) is 2. The minimum atomic E-state index is -0.160. The highest BCUT2D eigenvalue weighted by molar-refractivity contribution is 5.96. The van der Waals surface area contributed by atoms with E-state index in [1.54, 1.807) is 4.90 Å². The molecule has 174 valence electrons. The Labute approximate surface area is 200 Å². The van der Waals surface area contributed by atoms with Gasteiger partial charge in [0.15, 0.2) is 0 Å². The SMILES string of the molecule is O=C(NC1CC(=O)N(c2ccccc2)C1)N1CC[NH+](C(c2ccccc2)c2ccccc2)CC1. The molecule has 2 N–H and O–H groups in total. The summed E-state index contributed by atoms with van der Waals surface area (Å²) in [6.45, 7) is 3.66. The van der Waals surface area contributed by atoms with E-state index in [1.165, 1.54) is 16.0 Å². The number of piperazine rings is 1. The number of benzene rings is 3. The lowest BCUT2D eigenvalue weighted by Gasteiger charge is -2.37. The Bertz CT molecular complexity index is 1060. The average molecular weight is 456 g/mol. The third kappa shape index (κ3) is 4.82. The molecule has 2 aliphatic rings. The van der Waals surface area contributed by atoms with Crippen LogP contribution in [-0.2, 0) is 4.79 Å². The summed E-state index contributed by atoms with van der Waals surface area (Å²) in [4.78, 5) is 30.6. The van der Waals surface area contributed by atoms with Crippen LogP contribution < -0.4 is 15.1 Å². The number of carbonyl (C=O) groups is 2. The molecule has 3 amide bonds. The molecule has 3 aromatic rings. The number of quaternary nitrogens is 1. The number of amides is 3. The van der Waals surface area contributed by atoms with Crippen molar-refractivity contribution in [2.75, 3.05) is 37.6 Å². The average Bonchev–Trinajstić information content (AvgIpc) is 3.26. The maximum atomic E-state index is 13.0. The lowest BCUT2D eigenvalue weighted by Crippen LogP contribution is -3.15. The maximum Gasteiger partial charge on any atom is 0.318 e. The van der Waals surface area contributed by atoms with Gasteiger partial charge in [0.25, 0.3) is 0 Å². The highest BCUT2D eigenvalue weighted by Gasteiger charge is 2.35. The first-order chi connectivity index (χ1) is 16.7. The third-order valence-corrected chi connectivity index (χ3v) is 6.89. The van der Waals surface area contributed by atoms with E-state index in [4.69, 9.17) is 0 Å². The molecule has 1 unspecified atom stereocenters. The Morgan fingerprint density at radius 3 is 1.91 bits per heavy atom. The number of carbonyl (C=O) groups excluding carboxylic acids is 2. The van der Waals surface area contributed by atoms with Gasteiger partial charge in [0, 0.05) is 29.8 Å². The van der Waals surface area contributed by atoms with Crippen molar-refractivity contribution in [1.29, 1.82) is 0 Å². The third-order valence-electron chi connectivity index (χ3n) is 6.89. The van der Waals surface area contributed by atoms with E-state index in [0.717, 1.165) is 18.8 Å². The molecule has 2 aliphatic heterocycles. The van der Waals surface area contributed by atoms with Crippen LogP contribution in [0.5, 0.6) is 0 Å². The molecule has 5 rings (SSSR count). The van der Waals surface area contributed by atoms with Gasteiger partial charge in [-0.3, -0.25) is 4.79 Å². The fourth-order valence-corrected chi connectivity index (χ4v) is 5.17. The summed E-state index contributed by atoms with van der Waals surface area (Å²) in [5.74, 6) is 0.0549. The van der Waals surface area contributed by atoms with Crippen molar-refractivity contribution in [3.05, 3.63) is 102 Å². The normalized spacial score (nSPS) is 19.0. The number of nitrogens with one attached hydrogen (secondary N) is 2. The van der Waals surface area contributed by atoms with Crippen molar-refractivity contribution in [3.63, 3.8) is 0 Å². The minimum absolute atomic E-state index is 0.0549. The molecule has 6 heteroatoms. The molecule has 0 aromatic heterocycles. The summed E-state index contributed by atoms with van der Waals surface area (Å²) in [5.41, 5.74) is 3.48. The Kier molecular flexibility index (Phi) is 6.58. The highest BCUT2D eigenvalue weighted by atomic mass is 16.2. The number of anilines is 1. The Morgan fingerprint density at radius 2 is 1.35 bits per heavy atom. The molecule has 34 heavy (non-hydrogen) atoms. The molecular formula is C28H31N4O2+. The van der Waals surface area contributed by atoms with Crippen molar-refractivity contribution in [2.45, 2.75) is 18.5 Å². The van der Waals surface area contributed by atoms with E-state index in [9.17, 15) is 9.59 Å². The van der Waals surface area contributed by atoms with E-state index in [0.29, 0.717) is 26.1 Å². The van der Waals surface area contributed by atoms with Gasteiger partial charge in [-0.15, -0.1) is 0 Å². The van der Waals surface area contributed by atoms with Crippen LogP contribution in [-0.4, -0.2) is 55.6 Å². The first-order valence-electron chi connectivity index (χ1n) is 12.0. The zero-order chi connectivity index (χ0) is 23.3. The molecule has 0 spiro atoms. The second-order valence-electron chi connectivity index (χ2n) is 9.09. The van der Waals surface area contributed by atoms with E-state index in [-0.39, 0.29) is 24.0 Å². The minimum Gasteiger partial charge on any atom is -0.333 e. The second kappa shape index (κ2) is 10.1. The number of hydrogen-bond donors (Lipinski definition) is 2. The van der Waals surface area contributed by atoms with Gasteiger partial charge in [-0.2, -0.15) is 0 Å². The van der Waals surface area contributed by atoms with Gasteiger partial charge in [0.2, 0.25) is 5.91 Å². The van der Waals surface area contributed by atoms with Crippen LogP contribution in [0.2, 0.25) is 0 Å². The Hall–Kier alpha value is -3.64. The first kappa shape index (κ1) is 22.2. The summed E-state index contributed by atoms with van der Waals surface area (Å²) in [5, 5.41) is 3.10. The zero-order valence-electron chi connectivity index (χ0n) is 19.3. The van der Waals surface area contributed by atoms with Gasteiger partial charge in [0.05, 0.1) is 32.2 Å². The van der Waals surface area contributed by atoms with Gasteiger partial charge >= 0.3 is 6.03 Å². The number of rotatable bonds is 5. The predicted molar refractivity (Wildman–Crippen MR) is 133 cm³/mol. The monoisotopic (exact) mass is 455 g/mol. The van der Waals surface area contributed by atoms with Crippen molar-refractivity contribution < 1.29 is 14.5 Å². The Balaban J connectivity index is 1.20. The second-order valence-corrected chi connectivity index (χ2v) is 9.09. The number of hydrogen-bond acceptors (Lipinski definition) is 2. The largest absolute Gasteiger partial charge is 0.333 e. The van der Waals surface area contributed by atoms with Gasteiger partial charge in [-0.1, -0.05) is 78.9 Å². The topological polar surface area (TPSA) is 57.1 Å². The maximum absolute atomic E-state index is 13.0. The summed E-state index contributed by atoms with van der Waals surface area (Å²) in [6, 6.07) is 30.9. The van der Waals surface area contributed by atoms with Gasteiger partial charge < -0.3 is 20.0 Å². The fraction of sp³-hybridized carbons (Fsp3) is 0.286. The van der Waals surface area contributed by atoms with Crippen LogP contribution in [0.15, 0.2) is 91.0 Å². The van der Waals surface area contributed by atoms with Crippen LogP contribution in [0.4, 0.5) is 10.5 Å². The van der Waals surface area contributed by atoms with Gasteiger partial charge in [-0.25, -0.2) is 4.79 Å². The van der Waals surface area contributed by atoms with E-state index < -0.39 is 0 Å². The van der Waals surface area contributed by atoms with Crippen molar-refractivity contribution in [3.8, 4) is 0 Å². The summed E-state index contributed by atoms with van der Waals surface area (Å²) >= 11 is 0. The van der Waals surface area contributed by atoms with Crippen LogP contribution in [0.3, 0.4) is 0 Å². The molecule has 2 heterocycles. The van der Waals surface area contributed by atoms with Crippen molar-refractivity contribution in [1.82, 2.24) is 10.2 Å². The van der Waals surface area contributed by atoms with Crippen molar-refractivity contribution >= 4 is 17.6 Å². The predicted octanol–water partition coefficient (Wildman–Crippen LogP) is 2.49. The summed E-state index contributed by atoms with van der Waals surface area (Å²) < 4.78 is 0. The molecule has 0 bridgehead atoms. The quantitative estimate of drug-likeness (QED) is 0.621. The van der Waals surface area contributed by atoms with Crippen LogP contribution >= 0.6 is 0 Å². The van der Waals surface area contributed by atoms with E-state index >= 15 is 0 Å². The molecule has 2 fully saturated rings. The van der Waals surface area contributed by atoms with E-state index in [2.05, 4.69) is 66.0 Å². The van der Waals surface area contributed by atoms with Crippen LogP contribution in [0.1, 0.15) is 23.6 Å². The number of urea groups is 1. The molecule has 3 aromatic carbocycles. The molecule has 0 aliphatic carbocycles. The summed E-state index contributed by atoms with van der Waals surface area (Å²) in [7, 11) is 0. The molecule has 0 radical (unpaired) electrons. The van der Waals surface area contributed by atoms with E-state index in [1.807, 2.05) is 35.2 Å². The standard InChI is InChI=1S/C28H30N4O2/c33-26-20-24(21-32(26)25-14-8-3-9-15-25)29-28(34)31-18-16-30(17-19-31)27(22-10-4-1-5-11-22)23-12-6-2-7-13-23/h1-15,24,27H,16-21H2,(H,29,34)/p+1. The number of para-hydroxylation sites is 1. The molecule has 0 saturated carbocycles. The fourth-order valence-electron chi connectivity index (χ4n) is 5.17. The first-order valence-corrected chi connectivity index (χ1v) is 12.0. The zero-order valence-corrected chi connectivity index (χ0v) is 19.3. The Morgan fingerprint density at radius 1 is 0.824 bits per heavy atom. The van der Waals surface area contributed by atoms with Crippen LogP contribution in [0, 0.1) is 0 Å². The van der Waals surface area contributed by atoms with Gasteiger partial charge in [-0.05, 0) is 12.1 Å². The van der Waals surface area contributed by atoms with Crippen LogP contribution in [0.25, 0.3) is 0 Å². The molecular weight excluding hydrogens is 424 g/mol. The molecule has 6 nitrogen and oxygen atoms in total. The molecule has 2 saturated heterocycles. The van der Waals surface area contributed by atoms with Crippen molar-refractivity contribution in [2.24, 2.45) is 0 Å². The summed E-state index contributed by atoms with van der Waals surface area (Å²) in [6.07, 6.45) is 0.343. The molecule has 1 atom stereocenters. The smallest absolute Gasteiger partial charge is 0.318 e. The lowest BCUT2D eigenvalue weighted by molar-refractivity contribution is -0.929. The van der Waals surface area contributed by atoms with Gasteiger partial charge in [0.1, 0.15) is 6.04 Å². The lowest BCUT2D eigenvalue weighted by atomic mass is 9.96.